The number of carbonyl (C=O) groups excluding carboxylic acids is 2. The van der Waals surface area contributed by atoms with Gasteiger partial charge in [-0.15, -0.1) is 11.3 Å². The van der Waals surface area contributed by atoms with Gasteiger partial charge in [-0.2, -0.15) is 0 Å². The van der Waals surface area contributed by atoms with Gasteiger partial charge in [0.1, 0.15) is 11.5 Å². The van der Waals surface area contributed by atoms with Crippen molar-refractivity contribution in [1.82, 2.24) is 19.8 Å². The van der Waals surface area contributed by atoms with Gasteiger partial charge in [-0.25, -0.2) is 0 Å². The van der Waals surface area contributed by atoms with Gasteiger partial charge in [0.05, 0.1) is 26.2 Å². The molecule has 0 unspecified atom stereocenters. The normalized spacial score (nSPS) is 13.7. The molecule has 5 rings (SSSR count). The number of ether oxygens (including phenoxy) is 1. The zero-order valence-corrected chi connectivity index (χ0v) is 19.8. The summed E-state index contributed by atoms with van der Waals surface area (Å²) in [4.78, 5) is 32.4. The van der Waals surface area contributed by atoms with E-state index in [2.05, 4.69) is 10.3 Å². The molecule has 1 fully saturated rings. The Morgan fingerprint density at radius 2 is 1.97 bits per heavy atom. The number of fused-ring (bicyclic) bond motifs is 2. The number of aryl methyl sites for hydroxylation is 1. The Morgan fingerprint density at radius 3 is 2.70 bits per heavy atom. The number of nitrogens with zero attached hydrogens (tertiary/aromatic N) is 3. The minimum atomic E-state index is -0.0873. The summed E-state index contributed by atoms with van der Waals surface area (Å²) < 4.78 is 9.18. The third-order valence-electron chi connectivity index (χ3n) is 6.29. The van der Waals surface area contributed by atoms with Crippen LogP contribution in [0.15, 0.2) is 36.5 Å². The van der Waals surface area contributed by atoms with Gasteiger partial charge in [0.2, 0.25) is 0 Å². The van der Waals surface area contributed by atoms with E-state index in [0.717, 1.165) is 59.2 Å². The van der Waals surface area contributed by atoms with Crippen molar-refractivity contribution in [2.24, 2.45) is 7.05 Å². The molecule has 1 saturated heterocycles. The standard InChI is InChI=1S/C25H26N4O3S/c1-4-18-22(24(30)26-2)16-8-7-15(13-19(16)28(18)3)32-20-9-10-27-17-14-21(33-23(17)20)25(31)29-11-5-6-12-29/h7-10,13-14H,4-6,11-12H2,1-3H3,(H,26,30). The van der Waals surface area contributed by atoms with Crippen molar-refractivity contribution in [3.8, 4) is 11.5 Å². The topological polar surface area (TPSA) is 76.5 Å². The molecule has 8 heteroatoms. The van der Waals surface area contributed by atoms with Crippen LogP contribution in [-0.4, -0.2) is 46.4 Å². The summed E-state index contributed by atoms with van der Waals surface area (Å²) in [5, 5.41) is 3.65. The van der Waals surface area contributed by atoms with Crippen LogP contribution in [-0.2, 0) is 13.5 Å². The van der Waals surface area contributed by atoms with Crippen LogP contribution < -0.4 is 10.1 Å². The van der Waals surface area contributed by atoms with E-state index in [1.165, 1.54) is 11.3 Å². The van der Waals surface area contributed by atoms with Gasteiger partial charge in [-0.1, -0.05) is 6.92 Å². The number of hydrogen-bond donors (Lipinski definition) is 1. The van der Waals surface area contributed by atoms with Crippen molar-refractivity contribution in [2.75, 3.05) is 20.1 Å². The molecule has 1 aliphatic rings. The molecule has 0 spiro atoms. The molecule has 0 atom stereocenters. The first-order chi connectivity index (χ1) is 16.0. The van der Waals surface area contributed by atoms with Gasteiger partial charge >= 0.3 is 0 Å². The molecule has 7 nitrogen and oxygen atoms in total. The maximum absolute atomic E-state index is 12.8. The van der Waals surface area contributed by atoms with Crippen LogP contribution in [0.1, 0.15) is 45.5 Å². The third kappa shape index (κ3) is 3.64. The molecule has 0 saturated carbocycles. The van der Waals surface area contributed by atoms with Gasteiger partial charge in [0.15, 0.2) is 0 Å². The first-order valence-corrected chi connectivity index (χ1v) is 12.0. The van der Waals surface area contributed by atoms with Crippen molar-refractivity contribution in [1.29, 1.82) is 0 Å². The number of pyridine rings is 1. The second-order valence-electron chi connectivity index (χ2n) is 8.23. The smallest absolute Gasteiger partial charge is 0.264 e. The fourth-order valence-electron chi connectivity index (χ4n) is 4.63. The summed E-state index contributed by atoms with van der Waals surface area (Å²) >= 11 is 1.43. The van der Waals surface area contributed by atoms with Gasteiger partial charge < -0.3 is 19.5 Å². The molecule has 170 valence electrons. The van der Waals surface area contributed by atoms with Gasteiger partial charge in [-0.05, 0) is 37.5 Å². The fourth-order valence-corrected chi connectivity index (χ4v) is 5.66. The van der Waals surface area contributed by atoms with Crippen LogP contribution in [0.2, 0.25) is 0 Å². The first-order valence-electron chi connectivity index (χ1n) is 11.2. The van der Waals surface area contributed by atoms with Crippen molar-refractivity contribution < 1.29 is 14.3 Å². The Kier molecular flexibility index (Phi) is 5.54. The lowest BCUT2D eigenvalue weighted by molar-refractivity contribution is 0.0797. The molecule has 1 N–H and O–H groups in total. The Hall–Kier alpha value is -3.39. The number of aromatic nitrogens is 2. The number of thiophene rings is 1. The maximum atomic E-state index is 12.8. The van der Waals surface area contributed by atoms with Gasteiger partial charge in [-0.3, -0.25) is 14.6 Å². The molecular weight excluding hydrogens is 436 g/mol. The van der Waals surface area contributed by atoms with Crippen molar-refractivity contribution in [2.45, 2.75) is 26.2 Å². The predicted octanol–water partition coefficient (Wildman–Crippen LogP) is 4.74. The molecule has 0 aliphatic carbocycles. The van der Waals surface area contributed by atoms with E-state index in [9.17, 15) is 9.59 Å². The number of nitrogens with one attached hydrogen (secondary N) is 1. The Bertz CT molecular complexity index is 1380. The number of rotatable bonds is 5. The SMILES string of the molecule is CCc1c(C(=O)NC)c2ccc(Oc3ccnc4cc(C(=O)N5CCCC5)sc34)cc2n1C. The highest BCUT2D eigenvalue weighted by Gasteiger charge is 2.23. The van der Waals surface area contributed by atoms with E-state index in [1.807, 2.05) is 53.8 Å². The van der Waals surface area contributed by atoms with Gasteiger partial charge in [0, 0.05) is 56.6 Å². The van der Waals surface area contributed by atoms with Crippen molar-refractivity contribution in [3.63, 3.8) is 0 Å². The quantitative estimate of drug-likeness (QED) is 0.465. The number of carbonyl (C=O) groups is 2. The largest absolute Gasteiger partial charge is 0.456 e. The molecule has 4 heterocycles. The molecule has 1 aromatic carbocycles. The van der Waals surface area contributed by atoms with Crippen LogP contribution in [0.3, 0.4) is 0 Å². The molecule has 3 aromatic heterocycles. The van der Waals surface area contributed by atoms with E-state index >= 15 is 0 Å². The lowest BCUT2D eigenvalue weighted by Gasteiger charge is -2.13. The Labute approximate surface area is 196 Å². The summed E-state index contributed by atoms with van der Waals surface area (Å²) in [6.07, 6.45) is 4.57. The molecule has 2 amide bonds. The van der Waals surface area contributed by atoms with Crippen LogP contribution >= 0.6 is 11.3 Å². The first kappa shape index (κ1) is 21.5. The third-order valence-corrected chi connectivity index (χ3v) is 7.42. The maximum Gasteiger partial charge on any atom is 0.264 e. The average Bonchev–Trinajstić information content (AvgIpc) is 3.57. The highest BCUT2D eigenvalue weighted by molar-refractivity contribution is 7.21. The number of amides is 2. The van der Waals surface area contributed by atoms with Crippen LogP contribution in [0.4, 0.5) is 0 Å². The summed E-state index contributed by atoms with van der Waals surface area (Å²) in [5.74, 6) is 1.32. The monoisotopic (exact) mass is 462 g/mol. The number of hydrogen-bond acceptors (Lipinski definition) is 5. The number of likely N-dealkylation sites (tertiary alicyclic amines) is 1. The molecule has 4 aromatic rings. The lowest BCUT2D eigenvalue weighted by atomic mass is 10.1. The second kappa shape index (κ2) is 8.51. The van der Waals surface area contributed by atoms with E-state index < -0.39 is 0 Å². The average molecular weight is 463 g/mol. The van der Waals surface area contributed by atoms with Gasteiger partial charge in [0.25, 0.3) is 11.8 Å². The summed E-state index contributed by atoms with van der Waals surface area (Å²) in [7, 11) is 3.62. The van der Waals surface area contributed by atoms with E-state index in [-0.39, 0.29) is 11.8 Å². The van der Waals surface area contributed by atoms with Crippen molar-refractivity contribution >= 4 is 44.3 Å². The van der Waals surface area contributed by atoms with Crippen molar-refractivity contribution in [3.05, 3.63) is 52.7 Å². The molecule has 0 radical (unpaired) electrons. The molecule has 0 bridgehead atoms. The summed E-state index contributed by atoms with van der Waals surface area (Å²) in [6.45, 7) is 3.68. The van der Waals surface area contributed by atoms with E-state index in [1.54, 1.807) is 13.2 Å². The minimum Gasteiger partial charge on any atom is -0.456 e. The minimum absolute atomic E-state index is 0.0699. The Morgan fingerprint density at radius 1 is 1.18 bits per heavy atom. The predicted molar refractivity (Wildman–Crippen MR) is 131 cm³/mol. The molecule has 1 aliphatic heterocycles. The second-order valence-corrected chi connectivity index (χ2v) is 9.28. The fraction of sp³-hybridized carbons (Fsp3) is 0.320. The summed E-state index contributed by atoms with van der Waals surface area (Å²) in [5.41, 5.74) is 3.38. The lowest BCUT2D eigenvalue weighted by Crippen LogP contribution is -2.26. The number of benzene rings is 1. The zero-order valence-electron chi connectivity index (χ0n) is 19.0. The Balaban J connectivity index is 1.51. The summed E-state index contributed by atoms with van der Waals surface area (Å²) in [6, 6.07) is 9.45. The molecular formula is C25H26N4O3S. The highest BCUT2D eigenvalue weighted by Crippen LogP contribution is 2.37. The van der Waals surface area contributed by atoms with Crippen LogP contribution in [0.25, 0.3) is 21.1 Å². The zero-order chi connectivity index (χ0) is 23.1. The molecule has 33 heavy (non-hydrogen) atoms. The highest BCUT2D eigenvalue weighted by atomic mass is 32.1. The van der Waals surface area contributed by atoms with E-state index in [4.69, 9.17) is 4.74 Å². The van der Waals surface area contributed by atoms with E-state index in [0.29, 0.717) is 21.9 Å². The van der Waals surface area contributed by atoms with Crippen LogP contribution in [0.5, 0.6) is 11.5 Å². The van der Waals surface area contributed by atoms with Crippen LogP contribution in [0, 0.1) is 0 Å².